The standard InChI is InChI=1S/C23H25F2N5OS/c1-15-6-9-18(10-7-15)30-22(29-12-4-3-5-13-29)27-28-23(30)32-16(2)21(31)26-20-14-17(24)8-11-19(20)25/h6-11,14,16H,3-5,12-13H2,1-2H3,(H,26,31). The third-order valence-electron chi connectivity index (χ3n) is 5.39. The van der Waals surface area contributed by atoms with Crippen LogP contribution in [0.3, 0.4) is 0 Å². The summed E-state index contributed by atoms with van der Waals surface area (Å²) in [6, 6.07) is 11.0. The summed E-state index contributed by atoms with van der Waals surface area (Å²) in [5, 5.41) is 11.2. The zero-order valence-corrected chi connectivity index (χ0v) is 18.8. The number of benzene rings is 2. The van der Waals surface area contributed by atoms with Crippen LogP contribution >= 0.6 is 11.8 Å². The van der Waals surface area contributed by atoms with Crippen molar-refractivity contribution in [3.8, 4) is 5.69 Å². The molecule has 4 rings (SSSR count). The van der Waals surface area contributed by atoms with Gasteiger partial charge in [-0.15, -0.1) is 10.2 Å². The Kier molecular flexibility index (Phi) is 6.74. The van der Waals surface area contributed by atoms with Crippen LogP contribution in [0.25, 0.3) is 5.69 Å². The van der Waals surface area contributed by atoms with Gasteiger partial charge in [0.2, 0.25) is 11.9 Å². The van der Waals surface area contributed by atoms with Crippen molar-refractivity contribution in [1.82, 2.24) is 14.8 Å². The normalized spacial score (nSPS) is 14.9. The highest BCUT2D eigenvalue weighted by Crippen LogP contribution is 2.31. The fourth-order valence-corrected chi connectivity index (χ4v) is 4.46. The van der Waals surface area contributed by atoms with Gasteiger partial charge in [0, 0.05) is 19.2 Å². The molecule has 1 N–H and O–H groups in total. The summed E-state index contributed by atoms with van der Waals surface area (Å²) in [5.41, 5.74) is 1.87. The number of aromatic nitrogens is 3. The predicted molar refractivity (Wildman–Crippen MR) is 122 cm³/mol. The van der Waals surface area contributed by atoms with Crippen molar-refractivity contribution in [2.24, 2.45) is 0 Å². The first-order valence-corrected chi connectivity index (χ1v) is 11.5. The minimum Gasteiger partial charge on any atom is -0.341 e. The lowest BCUT2D eigenvalue weighted by atomic mass is 10.1. The van der Waals surface area contributed by atoms with E-state index in [4.69, 9.17) is 0 Å². The molecule has 3 aromatic rings. The number of thioether (sulfide) groups is 1. The van der Waals surface area contributed by atoms with Gasteiger partial charge in [-0.2, -0.15) is 0 Å². The van der Waals surface area contributed by atoms with Crippen molar-refractivity contribution >= 4 is 29.3 Å². The number of piperidine rings is 1. The molecule has 0 saturated carbocycles. The molecular formula is C23H25F2N5OS. The zero-order chi connectivity index (χ0) is 22.7. The number of aryl methyl sites for hydroxylation is 1. The van der Waals surface area contributed by atoms with Crippen molar-refractivity contribution in [3.63, 3.8) is 0 Å². The van der Waals surface area contributed by atoms with Gasteiger partial charge < -0.3 is 10.2 Å². The summed E-state index contributed by atoms with van der Waals surface area (Å²) in [6.45, 7) is 5.54. The van der Waals surface area contributed by atoms with Gasteiger partial charge in [-0.25, -0.2) is 8.78 Å². The van der Waals surface area contributed by atoms with E-state index < -0.39 is 22.8 Å². The Labute approximate surface area is 190 Å². The molecule has 1 fully saturated rings. The van der Waals surface area contributed by atoms with Crippen molar-refractivity contribution in [2.75, 3.05) is 23.3 Å². The van der Waals surface area contributed by atoms with Gasteiger partial charge in [0.1, 0.15) is 11.6 Å². The van der Waals surface area contributed by atoms with Gasteiger partial charge in [0.15, 0.2) is 5.16 Å². The molecule has 1 unspecified atom stereocenters. The SMILES string of the molecule is Cc1ccc(-n2c(SC(C)C(=O)Nc3cc(F)ccc3F)nnc2N2CCCCC2)cc1. The molecule has 9 heteroatoms. The molecule has 2 heterocycles. The largest absolute Gasteiger partial charge is 0.341 e. The van der Waals surface area contributed by atoms with E-state index in [1.807, 2.05) is 35.8 Å². The first-order valence-electron chi connectivity index (χ1n) is 10.6. The highest BCUT2D eigenvalue weighted by Gasteiger charge is 2.25. The number of carbonyl (C=O) groups is 1. The molecule has 1 aromatic heterocycles. The number of nitrogens with zero attached hydrogens (tertiary/aromatic N) is 4. The zero-order valence-electron chi connectivity index (χ0n) is 18.0. The van der Waals surface area contributed by atoms with E-state index >= 15 is 0 Å². The first kappa shape index (κ1) is 22.3. The molecule has 0 spiro atoms. The maximum absolute atomic E-state index is 13.9. The van der Waals surface area contributed by atoms with E-state index in [2.05, 4.69) is 20.4 Å². The van der Waals surface area contributed by atoms with Crippen LogP contribution in [0.15, 0.2) is 47.6 Å². The Morgan fingerprint density at radius 1 is 1.06 bits per heavy atom. The minimum absolute atomic E-state index is 0.184. The van der Waals surface area contributed by atoms with Gasteiger partial charge in [0.05, 0.1) is 16.6 Å². The molecule has 2 aromatic carbocycles. The smallest absolute Gasteiger partial charge is 0.237 e. The van der Waals surface area contributed by atoms with Gasteiger partial charge in [-0.3, -0.25) is 9.36 Å². The Balaban J connectivity index is 1.59. The number of anilines is 2. The number of amides is 1. The minimum atomic E-state index is -0.688. The molecule has 1 aliphatic heterocycles. The van der Waals surface area contributed by atoms with Crippen LogP contribution in [0.5, 0.6) is 0 Å². The Morgan fingerprint density at radius 2 is 1.78 bits per heavy atom. The molecule has 1 amide bonds. The van der Waals surface area contributed by atoms with Crippen LogP contribution in [0.2, 0.25) is 0 Å². The summed E-state index contributed by atoms with van der Waals surface area (Å²) in [6.07, 6.45) is 3.40. The van der Waals surface area contributed by atoms with Crippen molar-refractivity contribution < 1.29 is 13.6 Å². The number of halogens is 2. The van der Waals surface area contributed by atoms with Crippen LogP contribution in [-0.4, -0.2) is 39.0 Å². The monoisotopic (exact) mass is 457 g/mol. The van der Waals surface area contributed by atoms with E-state index in [1.54, 1.807) is 6.92 Å². The topological polar surface area (TPSA) is 63.1 Å². The lowest BCUT2D eigenvalue weighted by Gasteiger charge is -2.28. The fourth-order valence-electron chi connectivity index (χ4n) is 3.60. The van der Waals surface area contributed by atoms with E-state index in [9.17, 15) is 13.6 Å². The average Bonchev–Trinajstić information content (AvgIpc) is 3.20. The second kappa shape index (κ2) is 9.68. The van der Waals surface area contributed by atoms with E-state index in [0.29, 0.717) is 5.16 Å². The number of nitrogens with one attached hydrogen (secondary N) is 1. The summed E-state index contributed by atoms with van der Waals surface area (Å²) in [5.74, 6) is -1.00. The van der Waals surface area contributed by atoms with Crippen LogP contribution in [0, 0.1) is 18.6 Å². The molecule has 1 aliphatic rings. The summed E-state index contributed by atoms with van der Waals surface area (Å²) < 4.78 is 29.3. The van der Waals surface area contributed by atoms with Crippen LogP contribution < -0.4 is 10.2 Å². The van der Waals surface area contributed by atoms with Crippen LogP contribution in [-0.2, 0) is 4.79 Å². The van der Waals surface area contributed by atoms with Crippen molar-refractivity contribution in [3.05, 3.63) is 59.7 Å². The predicted octanol–water partition coefficient (Wildman–Crippen LogP) is 4.96. The molecule has 1 atom stereocenters. The third-order valence-corrected chi connectivity index (χ3v) is 6.43. The first-order chi connectivity index (χ1) is 15.4. The Hall–Kier alpha value is -2.94. The van der Waals surface area contributed by atoms with Gasteiger partial charge in [0.25, 0.3) is 0 Å². The third kappa shape index (κ3) is 4.93. The second-order valence-electron chi connectivity index (χ2n) is 7.87. The molecule has 0 aliphatic carbocycles. The maximum atomic E-state index is 13.9. The molecular weight excluding hydrogens is 432 g/mol. The molecule has 168 valence electrons. The van der Waals surface area contributed by atoms with E-state index in [0.717, 1.165) is 61.3 Å². The Bertz CT molecular complexity index is 1100. The maximum Gasteiger partial charge on any atom is 0.237 e. The number of hydrogen-bond acceptors (Lipinski definition) is 5. The van der Waals surface area contributed by atoms with Crippen LogP contribution in [0.1, 0.15) is 31.7 Å². The fraction of sp³-hybridized carbons (Fsp3) is 0.348. The number of rotatable bonds is 6. The molecule has 6 nitrogen and oxygen atoms in total. The van der Waals surface area contributed by atoms with E-state index in [-0.39, 0.29) is 5.69 Å². The lowest BCUT2D eigenvalue weighted by molar-refractivity contribution is -0.115. The quantitative estimate of drug-likeness (QED) is 0.530. The highest BCUT2D eigenvalue weighted by atomic mass is 32.2. The summed E-state index contributed by atoms with van der Waals surface area (Å²) in [7, 11) is 0. The van der Waals surface area contributed by atoms with E-state index in [1.165, 1.54) is 18.2 Å². The van der Waals surface area contributed by atoms with Crippen molar-refractivity contribution in [1.29, 1.82) is 0 Å². The summed E-state index contributed by atoms with van der Waals surface area (Å²) in [4.78, 5) is 14.9. The highest BCUT2D eigenvalue weighted by molar-refractivity contribution is 8.00. The average molecular weight is 458 g/mol. The van der Waals surface area contributed by atoms with Gasteiger partial charge in [-0.1, -0.05) is 29.5 Å². The second-order valence-corrected chi connectivity index (χ2v) is 9.18. The number of hydrogen-bond donors (Lipinski definition) is 1. The molecule has 0 radical (unpaired) electrons. The number of carbonyl (C=O) groups excluding carboxylic acids is 1. The van der Waals surface area contributed by atoms with Gasteiger partial charge in [-0.05, 0) is 57.4 Å². The summed E-state index contributed by atoms with van der Waals surface area (Å²) >= 11 is 1.23. The van der Waals surface area contributed by atoms with Gasteiger partial charge >= 0.3 is 0 Å². The molecule has 0 bridgehead atoms. The molecule has 1 saturated heterocycles. The molecule has 32 heavy (non-hydrogen) atoms. The van der Waals surface area contributed by atoms with Crippen LogP contribution in [0.4, 0.5) is 20.4 Å². The van der Waals surface area contributed by atoms with Crippen molar-refractivity contribution in [2.45, 2.75) is 43.5 Å². The lowest BCUT2D eigenvalue weighted by Crippen LogP contribution is -2.31. The Morgan fingerprint density at radius 3 is 2.50 bits per heavy atom.